The van der Waals surface area contributed by atoms with Gasteiger partial charge in [-0.25, -0.2) is 0 Å². The van der Waals surface area contributed by atoms with Crippen molar-refractivity contribution in [1.82, 2.24) is 0 Å². The minimum atomic E-state index is -4.37. The highest BCUT2D eigenvalue weighted by molar-refractivity contribution is 7.65. The Balaban J connectivity index is 3.14. The first-order valence-electron chi connectivity index (χ1n) is 4.15. The van der Waals surface area contributed by atoms with Gasteiger partial charge in [0.05, 0.1) is 6.42 Å². The van der Waals surface area contributed by atoms with Gasteiger partial charge in [-0.05, 0) is 11.6 Å². The van der Waals surface area contributed by atoms with Gasteiger partial charge in [-0.3, -0.25) is 4.57 Å². The lowest BCUT2D eigenvalue weighted by Gasteiger charge is -2.13. The van der Waals surface area contributed by atoms with E-state index in [0.29, 0.717) is 0 Å². The van der Waals surface area contributed by atoms with Crippen molar-refractivity contribution in [3.63, 3.8) is 0 Å². The van der Waals surface area contributed by atoms with Crippen LogP contribution in [0.4, 0.5) is 13.2 Å². The van der Waals surface area contributed by atoms with Gasteiger partial charge >= 0.3 is 6.18 Å². The molecule has 0 radical (unpaired) electrons. The van der Waals surface area contributed by atoms with Crippen molar-refractivity contribution in [3.8, 4) is 0 Å². The Bertz CT molecular complexity index is 395. The standard InChI is InChI=1S/C9H10F3O2P/c1-15(13,14)8-5-3-2-4-7(8)6-9(10,11)12/h2-5H,6H2,1H3,(H,13,14). The maximum atomic E-state index is 12.1. The molecule has 1 N–H and O–H groups in total. The molecule has 0 aliphatic carbocycles. The van der Waals surface area contributed by atoms with E-state index in [0.717, 1.165) is 6.66 Å². The highest BCUT2D eigenvalue weighted by atomic mass is 31.2. The molecule has 0 heterocycles. The van der Waals surface area contributed by atoms with Crippen molar-refractivity contribution in [3.05, 3.63) is 29.8 Å². The third-order valence-electron chi connectivity index (χ3n) is 1.83. The highest BCUT2D eigenvalue weighted by Crippen LogP contribution is 2.36. The molecule has 15 heavy (non-hydrogen) atoms. The van der Waals surface area contributed by atoms with Gasteiger partial charge in [0.2, 0.25) is 7.37 Å². The van der Waals surface area contributed by atoms with Crippen LogP contribution in [0.15, 0.2) is 24.3 Å². The molecule has 1 aromatic carbocycles. The van der Waals surface area contributed by atoms with E-state index in [1.807, 2.05) is 0 Å². The van der Waals surface area contributed by atoms with Crippen LogP contribution in [0.25, 0.3) is 0 Å². The van der Waals surface area contributed by atoms with Crippen LogP contribution in [0.1, 0.15) is 5.56 Å². The second-order valence-corrected chi connectivity index (χ2v) is 5.54. The van der Waals surface area contributed by atoms with Gasteiger partial charge in [0.1, 0.15) is 0 Å². The fourth-order valence-corrected chi connectivity index (χ4v) is 2.33. The SMILES string of the molecule is CP(=O)(O)c1ccccc1CC(F)(F)F. The molecule has 0 spiro atoms. The zero-order valence-corrected chi connectivity index (χ0v) is 8.85. The smallest absolute Gasteiger partial charge is 0.341 e. The van der Waals surface area contributed by atoms with Gasteiger partial charge in [-0.1, -0.05) is 18.2 Å². The van der Waals surface area contributed by atoms with E-state index in [-0.39, 0.29) is 10.9 Å². The molecule has 1 atom stereocenters. The van der Waals surface area contributed by atoms with E-state index in [2.05, 4.69) is 0 Å². The Morgan fingerprint density at radius 1 is 1.33 bits per heavy atom. The molecule has 1 aromatic rings. The molecule has 0 aliphatic rings. The number of rotatable bonds is 2. The average molecular weight is 238 g/mol. The number of hydrogen-bond acceptors (Lipinski definition) is 1. The van der Waals surface area contributed by atoms with Crippen molar-refractivity contribution in [2.75, 3.05) is 6.66 Å². The first-order chi connectivity index (χ1) is 6.70. The molecule has 0 aromatic heterocycles. The van der Waals surface area contributed by atoms with Gasteiger partial charge in [0, 0.05) is 12.0 Å². The zero-order chi connectivity index (χ0) is 11.7. The maximum Gasteiger partial charge on any atom is 0.393 e. The summed E-state index contributed by atoms with van der Waals surface area (Å²) in [4.78, 5) is 9.25. The van der Waals surface area contributed by atoms with Crippen LogP contribution in [0.5, 0.6) is 0 Å². The fraction of sp³-hybridized carbons (Fsp3) is 0.333. The third-order valence-corrected chi connectivity index (χ3v) is 3.16. The summed E-state index contributed by atoms with van der Waals surface area (Å²) in [6.07, 6.45) is -5.55. The summed E-state index contributed by atoms with van der Waals surface area (Å²) < 4.78 is 47.7. The van der Waals surface area contributed by atoms with Crippen LogP contribution in [0, 0.1) is 0 Å². The van der Waals surface area contributed by atoms with Crippen LogP contribution in [-0.4, -0.2) is 17.7 Å². The quantitative estimate of drug-likeness (QED) is 0.803. The molecule has 0 amide bonds. The summed E-state index contributed by atoms with van der Waals surface area (Å²) in [5.74, 6) is 0. The summed E-state index contributed by atoms with van der Waals surface area (Å²) in [7, 11) is -3.64. The summed E-state index contributed by atoms with van der Waals surface area (Å²) in [5, 5.41) is -0.123. The molecule has 0 aliphatic heterocycles. The molecular formula is C9H10F3O2P. The first-order valence-corrected chi connectivity index (χ1v) is 6.26. The van der Waals surface area contributed by atoms with E-state index in [1.54, 1.807) is 0 Å². The normalized spacial score (nSPS) is 16.1. The van der Waals surface area contributed by atoms with Crippen molar-refractivity contribution in [1.29, 1.82) is 0 Å². The Morgan fingerprint density at radius 2 is 1.87 bits per heavy atom. The van der Waals surface area contributed by atoms with Gasteiger partial charge in [0.15, 0.2) is 0 Å². The van der Waals surface area contributed by atoms with Gasteiger partial charge in [-0.2, -0.15) is 13.2 Å². The molecule has 0 bridgehead atoms. The second kappa shape index (κ2) is 3.99. The molecule has 2 nitrogen and oxygen atoms in total. The fourth-order valence-electron chi connectivity index (χ4n) is 1.28. The monoisotopic (exact) mass is 238 g/mol. The van der Waals surface area contributed by atoms with Crippen molar-refractivity contribution in [2.45, 2.75) is 12.6 Å². The summed E-state index contributed by atoms with van der Waals surface area (Å²) in [5.41, 5.74) is -0.140. The van der Waals surface area contributed by atoms with Gasteiger partial charge in [-0.15, -0.1) is 0 Å². The third kappa shape index (κ3) is 3.68. The molecule has 0 saturated heterocycles. The molecule has 1 rings (SSSR count). The molecule has 84 valence electrons. The maximum absolute atomic E-state index is 12.1. The van der Waals surface area contributed by atoms with E-state index < -0.39 is 20.0 Å². The Morgan fingerprint density at radius 3 is 2.33 bits per heavy atom. The predicted octanol–water partition coefficient (Wildman–Crippen LogP) is 2.32. The topological polar surface area (TPSA) is 37.3 Å². The van der Waals surface area contributed by atoms with E-state index >= 15 is 0 Å². The Labute approximate surface area is 85.2 Å². The Kier molecular flexibility index (Phi) is 3.26. The lowest BCUT2D eigenvalue weighted by molar-refractivity contribution is -0.127. The zero-order valence-electron chi connectivity index (χ0n) is 7.95. The molecule has 1 unspecified atom stereocenters. The molecule has 6 heteroatoms. The lowest BCUT2D eigenvalue weighted by Crippen LogP contribution is -2.19. The largest absolute Gasteiger partial charge is 0.393 e. The minimum Gasteiger partial charge on any atom is -0.341 e. The predicted molar refractivity (Wildman–Crippen MR) is 51.6 cm³/mol. The van der Waals surface area contributed by atoms with Crippen LogP contribution in [-0.2, 0) is 11.0 Å². The Hall–Kier alpha value is -0.800. The van der Waals surface area contributed by atoms with Gasteiger partial charge in [0.25, 0.3) is 0 Å². The van der Waals surface area contributed by atoms with Crippen LogP contribution in [0.2, 0.25) is 0 Å². The van der Waals surface area contributed by atoms with Crippen molar-refractivity contribution >= 4 is 12.7 Å². The lowest BCUT2D eigenvalue weighted by atomic mass is 10.1. The van der Waals surface area contributed by atoms with Crippen LogP contribution >= 0.6 is 7.37 Å². The highest BCUT2D eigenvalue weighted by Gasteiger charge is 2.30. The molecule has 0 saturated carbocycles. The number of halogens is 3. The second-order valence-electron chi connectivity index (χ2n) is 3.30. The minimum absolute atomic E-state index is 0.123. The summed E-state index contributed by atoms with van der Waals surface area (Å²) >= 11 is 0. The number of benzene rings is 1. The molecular weight excluding hydrogens is 228 g/mol. The van der Waals surface area contributed by atoms with Crippen molar-refractivity contribution < 1.29 is 22.6 Å². The van der Waals surface area contributed by atoms with E-state index in [4.69, 9.17) is 0 Å². The van der Waals surface area contributed by atoms with Crippen molar-refractivity contribution in [2.24, 2.45) is 0 Å². The summed E-state index contributed by atoms with van der Waals surface area (Å²) in [6.45, 7) is 1.03. The van der Waals surface area contributed by atoms with E-state index in [1.165, 1.54) is 24.3 Å². The van der Waals surface area contributed by atoms with Crippen LogP contribution < -0.4 is 5.30 Å². The van der Waals surface area contributed by atoms with Gasteiger partial charge < -0.3 is 4.89 Å². The average Bonchev–Trinajstić information content (AvgIpc) is 1.99. The number of alkyl halides is 3. The van der Waals surface area contributed by atoms with Crippen LogP contribution in [0.3, 0.4) is 0 Å². The number of hydrogen-bond donors (Lipinski definition) is 1. The molecule has 0 fully saturated rings. The van der Waals surface area contributed by atoms with E-state index in [9.17, 15) is 22.6 Å². The first kappa shape index (κ1) is 12.3. The summed E-state index contributed by atoms with van der Waals surface area (Å²) in [6, 6.07) is 5.33.